The molecule has 0 radical (unpaired) electrons. The highest BCUT2D eigenvalue weighted by atomic mass is 16.5. The lowest BCUT2D eigenvalue weighted by atomic mass is 10.0. The van der Waals surface area contributed by atoms with Crippen LogP contribution in [0.2, 0.25) is 0 Å². The van der Waals surface area contributed by atoms with Gasteiger partial charge in [0.2, 0.25) is 0 Å². The van der Waals surface area contributed by atoms with Crippen molar-refractivity contribution in [2.75, 3.05) is 56.7 Å². The van der Waals surface area contributed by atoms with Crippen LogP contribution in [0, 0.1) is 11.3 Å². The second-order valence-electron chi connectivity index (χ2n) is 10.2. The third kappa shape index (κ3) is 5.46. The first-order chi connectivity index (χ1) is 20.5. The van der Waals surface area contributed by atoms with E-state index in [4.69, 9.17) is 25.1 Å². The number of benzene rings is 2. The predicted molar refractivity (Wildman–Crippen MR) is 155 cm³/mol. The molecule has 2 saturated heterocycles. The van der Waals surface area contributed by atoms with Gasteiger partial charge in [0, 0.05) is 43.0 Å². The van der Waals surface area contributed by atoms with Crippen LogP contribution in [0.1, 0.15) is 34.8 Å². The molecule has 2 aliphatic heterocycles. The predicted octanol–water partition coefficient (Wildman–Crippen LogP) is 3.86. The Kier molecular flexibility index (Phi) is 7.66. The molecule has 0 bridgehead atoms. The number of anilines is 2. The van der Waals surface area contributed by atoms with Crippen molar-refractivity contribution < 1.29 is 19.1 Å². The molecule has 12 heteroatoms. The molecule has 214 valence electrons. The lowest BCUT2D eigenvalue weighted by Gasteiger charge is -2.32. The van der Waals surface area contributed by atoms with E-state index >= 15 is 0 Å². The molecule has 0 atom stereocenters. The average Bonchev–Trinajstić information content (AvgIpc) is 3.49. The molecule has 0 aliphatic carbocycles. The third-order valence-corrected chi connectivity index (χ3v) is 7.68. The minimum atomic E-state index is -0.538. The Balaban J connectivity index is 1.27. The summed E-state index contributed by atoms with van der Waals surface area (Å²) in [4.78, 5) is 38.7. The van der Waals surface area contributed by atoms with Crippen molar-refractivity contribution in [1.29, 1.82) is 5.26 Å². The summed E-state index contributed by atoms with van der Waals surface area (Å²) in [5.41, 5.74) is 3.26. The number of rotatable bonds is 5. The van der Waals surface area contributed by atoms with E-state index in [1.54, 1.807) is 36.4 Å². The van der Waals surface area contributed by atoms with Gasteiger partial charge in [-0.3, -0.25) is 10.1 Å². The zero-order valence-electron chi connectivity index (χ0n) is 23.2. The molecule has 2 amide bonds. The van der Waals surface area contributed by atoms with Gasteiger partial charge in [0.15, 0.2) is 11.5 Å². The summed E-state index contributed by atoms with van der Waals surface area (Å²) < 4.78 is 12.2. The fourth-order valence-corrected chi connectivity index (χ4v) is 5.38. The van der Waals surface area contributed by atoms with Gasteiger partial charge in [0.05, 0.1) is 49.6 Å². The zero-order chi connectivity index (χ0) is 29.1. The van der Waals surface area contributed by atoms with Gasteiger partial charge in [-0.05, 0) is 61.4 Å². The highest BCUT2D eigenvalue weighted by Gasteiger charge is 2.28. The molecule has 2 fully saturated rings. The molecule has 0 spiro atoms. The van der Waals surface area contributed by atoms with Crippen molar-refractivity contribution in [3.63, 3.8) is 0 Å². The number of fused-ring (bicyclic) bond motifs is 1. The maximum absolute atomic E-state index is 13.1. The molecule has 2 aliphatic rings. The van der Waals surface area contributed by atoms with E-state index in [0.29, 0.717) is 62.0 Å². The number of nitriles is 1. The summed E-state index contributed by atoms with van der Waals surface area (Å²) in [6.45, 7) is 3.86. The van der Waals surface area contributed by atoms with Crippen LogP contribution in [0.25, 0.3) is 22.4 Å². The van der Waals surface area contributed by atoms with Gasteiger partial charge in [0.25, 0.3) is 5.91 Å². The summed E-state index contributed by atoms with van der Waals surface area (Å²) in [6, 6.07) is 16.2. The summed E-state index contributed by atoms with van der Waals surface area (Å²) in [5.74, 6) is 1.34. The third-order valence-electron chi connectivity index (χ3n) is 7.68. The first-order valence-corrected chi connectivity index (χ1v) is 13.9. The Labute approximate surface area is 242 Å². The van der Waals surface area contributed by atoms with E-state index in [-0.39, 0.29) is 11.9 Å². The Morgan fingerprint density at radius 3 is 2.38 bits per heavy atom. The monoisotopic (exact) mass is 566 g/mol. The molecule has 6 rings (SSSR count). The second kappa shape index (κ2) is 11.8. The number of carbonyl (C=O) groups excluding carboxylic acids is 2. The number of hydrogen-bond donors (Lipinski definition) is 1. The molecule has 42 heavy (non-hydrogen) atoms. The highest BCUT2D eigenvalue weighted by molar-refractivity contribution is 5.94. The van der Waals surface area contributed by atoms with Crippen LogP contribution in [-0.4, -0.2) is 83.2 Å². The molecular weight excluding hydrogens is 536 g/mol. The van der Waals surface area contributed by atoms with Crippen LogP contribution >= 0.6 is 0 Å². The maximum atomic E-state index is 13.1. The van der Waals surface area contributed by atoms with Crippen molar-refractivity contribution in [2.45, 2.75) is 18.9 Å². The van der Waals surface area contributed by atoms with E-state index in [0.717, 1.165) is 35.3 Å². The highest BCUT2D eigenvalue weighted by Crippen LogP contribution is 2.32. The van der Waals surface area contributed by atoms with Gasteiger partial charge < -0.3 is 19.3 Å². The van der Waals surface area contributed by atoms with Gasteiger partial charge >= 0.3 is 6.09 Å². The SMILES string of the molecule is COC(=O)Nc1ccc(-c2nc(N3CCOCC3)c3cnn(C4CCN(C(=O)c5ccc(C#N)cc5)CC4)c3n2)cc1. The van der Waals surface area contributed by atoms with E-state index < -0.39 is 6.09 Å². The molecule has 0 unspecified atom stereocenters. The maximum Gasteiger partial charge on any atom is 0.411 e. The first-order valence-electron chi connectivity index (χ1n) is 13.9. The minimum absolute atomic E-state index is 0.0346. The van der Waals surface area contributed by atoms with Gasteiger partial charge in [-0.2, -0.15) is 10.4 Å². The fourth-order valence-electron chi connectivity index (χ4n) is 5.38. The fraction of sp³-hybridized carbons (Fsp3) is 0.333. The number of carbonyl (C=O) groups is 2. The van der Waals surface area contributed by atoms with E-state index in [1.165, 1.54) is 7.11 Å². The molecule has 12 nitrogen and oxygen atoms in total. The number of likely N-dealkylation sites (tertiary alicyclic amines) is 1. The first kappa shape index (κ1) is 27.2. The van der Waals surface area contributed by atoms with Gasteiger partial charge in [-0.25, -0.2) is 19.4 Å². The number of amides is 2. The van der Waals surface area contributed by atoms with E-state index in [1.807, 2.05) is 27.9 Å². The molecule has 4 heterocycles. The molecule has 0 saturated carbocycles. The number of methoxy groups -OCH3 is 1. The Morgan fingerprint density at radius 1 is 1.00 bits per heavy atom. The van der Waals surface area contributed by atoms with E-state index in [9.17, 15) is 9.59 Å². The second-order valence-corrected chi connectivity index (χ2v) is 10.2. The van der Waals surface area contributed by atoms with Crippen molar-refractivity contribution in [1.82, 2.24) is 24.6 Å². The van der Waals surface area contributed by atoms with Crippen LogP contribution in [0.4, 0.5) is 16.3 Å². The Hall–Kier alpha value is -5.02. The number of nitrogens with one attached hydrogen (secondary N) is 1. The zero-order valence-corrected chi connectivity index (χ0v) is 23.2. The van der Waals surface area contributed by atoms with E-state index in [2.05, 4.69) is 21.0 Å². The normalized spacial score (nSPS) is 15.8. The largest absolute Gasteiger partial charge is 0.453 e. The van der Waals surface area contributed by atoms with Crippen LogP contribution in [0.3, 0.4) is 0 Å². The molecule has 1 N–H and O–H groups in total. The van der Waals surface area contributed by atoms with Crippen LogP contribution in [-0.2, 0) is 9.47 Å². The quantitative estimate of drug-likeness (QED) is 0.382. The smallest absolute Gasteiger partial charge is 0.411 e. The standard InChI is InChI=1S/C30H30N8O4/c1-41-30(40)33-23-8-6-21(7-9-23)26-34-27(36-14-16-42-17-15-36)25-19-32-38(28(25)35-26)24-10-12-37(13-11-24)29(39)22-4-2-20(18-31)3-5-22/h2-9,19,24H,10-17H2,1H3,(H,33,40). The Morgan fingerprint density at radius 2 is 1.71 bits per heavy atom. The molecule has 2 aromatic carbocycles. The molecule has 2 aromatic heterocycles. The summed E-state index contributed by atoms with van der Waals surface area (Å²) in [7, 11) is 1.32. The number of ether oxygens (including phenoxy) is 2. The van der Waals surface area contributed by atoms with Gasteiger partial charge in [-0.1, -0.05) is 0 Å². The average molecular weight is 567 g/mol. The number of hydrogen-bond acceptors (Lipinski definition) is 9. The van der Waals surface area contributed by atoms with Crippen LogP contribution in [0.5, 0.6) is 0 Å². The van der Waals surface area contributed by atoms with Crippen molar-refractivity contribution in [3.8, 4) is 17.5 Å². The van der Waals surface area contributed by atoms with Crippen molar-refractivity contribution >= 4 is 34.5 Å². The molecule has 4 aromatic rings. The number of piperidine rings is 1. The molecular formula is C30H30N8O4. The number of morpholine rings is 1. The topological polar surface area (TPSA) is 138 Å². The lowest BCUT2D eigenvalue weighted by molar-refractivity contribution is 0.0691. The van der Waals surface area contributed by atoms with Gasteiger partial charge in [-0.15, -0.1) is 0 Å². The van der Waals surface area contributed by atoms with Crippen molar-refractivity contribution in [2.24, 2.45) is 0 Å². The lowest BCUT2D eigenvalue weighted by Crippen LogP contribution is -2.39. The summed E-state index contributed by atoms with van der Waals surface area (Å²) >= 11 is 0. The van der Waals surface area contributed by atoms with Crippen LogP contribution < -0.4 is 10.2 Å². The summed E-state index contributed by atoms with van der Waals surface area (Å²) in [6.07, 6.45) is 2.77. The van der Waals surface area contributed by atoms with Crippen LogP contribution in [0.15, 0.2) is 54.7 Å². The van der Waals surface area contributed by atoms with Gasteiger partial charge in [0.1, 0.15) is 5.82 Å². The number of nitrogens with zero attached hydrogens (tertiary/aromatic N) is 7. The van der Waals surface area contributed by atoms with Crippen molar-refractivity contribution in [3.05, 3.63) is 65.9 Å². The summed E-state index contributed by atoms with van der Waals surface area (Å²) in [5, 5.41) is 17.4. The minimum Gasteiger partial charge on any atom is -0.453 e. The number of aromatic nitrogens is 4. The Bertz CT molecular complexity index is 1630.